The van der Waals surface area contributed by atoms with Crippen molar-refractivity contribution in [3.63, 3.8) is 0 Å². The lowest BCUT2D eigenvalue weighted by Crippen LogP contribution is -2.15. The molecular weight excluding hydrogens is 313 g/mol. The average Bonchev–Trinajstić information content (AvgIpc) is 2.44. The largest absolute Gasteiger partial charge is 0.475 e. The van der Waals surface area contributed by atoms with Crippen LogP contribution in [0.5, 0.6) is 0 Å². The Morgan fingerprint density at radius 3 is 2.24 bits per heavy atom. The van der Waals surface area contributed by atoms with Crippen LogP contribution in [-0.2, 0) is 16.0 Å². The Morgan fingerprint density at radius 1 is 1.00 bits per heavy atom. The molecule has 0 aliphatic heterocycles. The molecule has 0 heterocycles. The molecule has 6 heteroatoms. The van der Waals surface area contributed by atoms with Crippen molar-refractivity contribution in [1.29, 1.82) is 0 Å². The molecule has 21 heavy (non-hydrogen) atoms. The zero-order chi connectivity index (χ0) is 15.4. The van der Waals surface area contributed by atoms with Gasteiger partial charge in [0.25, 0.3) is 0 Å². The fraction of sp³-hybridized carbons (Fsp3) is 0.0667. The van der Waals surface area contributed by atoms with E-state index >= 15 is 0 Å². The highest BCUT2D eigenvalue weighted by Gasteiger charge is 2.15. The van der Waals surface area contributed by atoms with Gasteiger partial charge in [0.1, 0.15) is 0 Å². The molecule has 0 radical (unpaired) electrons. The number of nitrogens with one attached hydrogen (secondary N) is 1. The first-order valence-corrected chi connectivity index (χ1v) is 6.79. The average molecular weight is 324 g/mol. The number of carboxylic acids is 1. The third-order valence-electron chi connectivity index (χ3n) is 2.83. The summed E-state index contributed by atoms with van der Waals surface area (Å²) in [5.41, 5.74) is 1.65. The highest BCUT2D eigenvalue weighted by molar-refractivity contribution is 6.39. The van der Waals surface area contributed by atoms with Crippen LogP contribution >= 0.6 is 23.2 Å². The number of benzene rings is 2. The van der Waals surface area contributed by atoms with Gasteiger partial charge in [-0.2, -0.15) is 0 Å². The van der Waals surface area contributed by atoms with E-state index in [1.54, 1.807) is 42.5 Å². The van der Waals surface area contributed by atoms with Crippen molar-refractivity contribution < 1.29 is 14.7 Å². The van der Waals surface area contributed by atoms with E-state index in [0.29, 0.717) is 27.0 Å². The van der Waals surface area contributed by atoms with E-state index in [4.69, 9.17) is 28.3 Å². The number of para-hydroxylation sites is 2. The molecule has 0 saturated heterocycles. The van der Waals surface area contributed by atoms with Gasteiger partial charge >= 0.3 is 5.97 Å². The van der Waals surface area contributed by atoms with Crippen molar-refractivity contribution in [3.8, 4) is 0 Å². The number of carbonyl (C=O) groups is 2. The predicted octanol–water partition coefficient (Wildman–Crippen LogP) is 3.93. The maximum Gasteiger partial charge on any atom is 0.372 e. The molecule has 0 atom stereocenters. The van der Waals surface area contributed by atoms with E-state index in [-0.39, 0.29) is 6.42 Å². The van der Waals surface area contributed by atoms with E-state index < -0.39 is 11.8 Å². The number of halogens is 2. The summed E-state index contributed by atoms with van der Waals surface area (Å²) in [6.45, 7) is 0. The molecule has 0 fully saturated rings. The quantitative estimate of drug-likeness (QED) is 0.818. The molecule has 0 bridgehead atoms. The molecule has 2 N–H and O–H groups in total. The van der Waals surface area contributed by atoms with Crippen LogP contribution in [0.15, 0.2) is 42.5 Å². The molecule has 2 rings (SSSR count). The molecule has 0 spiro atoms. The van der Waals surface area contributed by atoms with E-state index in [0.717, 1.165) is 0 Å². The number of hydrogen-bond donors (Lipinski definition) is 2. The second-order valence-electron chi connectivity index (χ2n) is 4.28. The highest BCUT2D eigenvalue weighted by Crippen LogP contribution is 2.33. The number of carbonyl (C=O) groups excluding carboxylic acids is 1. The van der Waals surface area contributed by atoms with Crippen molar-refractivity contribution in [2.45, 2.75) is 6.42 Å². The fourth-order valence-corrected chi connectivity index (χ4v) is 2.29. The van der Waals surface area contributed by atoms with Gasteiger partial charge in [0.15, 0.2) is 0 Å². The van der Waals surface area contributed by atoms with Crippen molar-refractivity contribution in [2.75, 3.05) is 5.32 Å². The van der Waals surface area contributed by atoms with Crippen LogP contribution in [0.1, 0.15) is 5.56 Å². The molecule has 0 unspecified atom stereocenters. The predicted molar refractivity (Wildman–Crippen MR) is 82.5 cm³/mol. The van der Waals surface area contributed by atoms with E-state index in [9.17, 15) is 9.59 Å². The van der Waals surface area contributed by atoms with Crippen molar-refractivity contribution in [3.05, 3.63) is 58.1 Å². The lowest BCUT2D eigenvalue weighted by atomic mass is 10.1. The van der Waals surface area contributed by atoms with Crippen LogP contribution in [0, 0.1) is 0 Å². The minimum atomic E-state index is -1.46. The van der Waals surface area contributed by atoms with Crippen LogP contribution in [0.25, 0.3) is 0 Å². The molecular formula is C15H11Cl2NO3. The number of anilines is 2. The molecule has 0 aliphatic carbocycles. The maximum atomic E-state index is 11.4. The maximum absolute atomic E-state index is 11.4. The number of carboxylic acid groups (broad SMARTS) is 1. The van der Waals surface area contributed by atoms with E-state index in [1.807, 2.05) is 0 Å². The summed E-state index contributed by atoms with van der Waals surface area (Å²) >= 11 is 12.2. The van der Waals surface area contributed by atoms with Gasteiger partial charge < -0.3 is 10.4 Å². The SMILES string of the molecule is O=C(O)C(=O)Cc1ccccc1Nc1c(Cl)cccc1Cl. The molecule has 0 aliphatic rings. The summed E-state index contributed by atoms with van der Waals surface area (Å²) in [4.78, 5) is 22.0. The highest BCUT2D eigenvalue weighted by atomic mass is 35.5. The molecule has 108 valence electrons. The van der Waals surface area contributed by atoms with E-state index in [2.05, 4.69) is 5.32 Å². The van der Waals surface area contributed by atoms with Gasteiger partial charge in [-0.25, -0.2) is 4.79 Å². The first kappa shape index (κ1) is 15.4. The van der Waals surface area contributed by atoms with Gasteiger partial charge in [-0.1, -0.05) is 47.5 Å². The summed E-state index contributed by atoms with van der Waals surface area (Å²) in [7, 11) is 0. The molecule has 4 nitrogen and oxygen atoms in total. The summed E-state index contributed by atoms with van der Waals surface area (Å²) in [6, 6.07) is 12.0. The Balaban J connectivity index is 2.33. The number of hydrogen-bond acceptors (Lipinski definition) is 3. The smallest absolute Gasteiger partial charge is 0.372 e. The molecule has 2 aromatic rings. The Bertz CT molecular complexity index is 681. The third kappa shape index (κ3) is 3.74. The van der Waals surface area contributed by atoms with Crippen molar-refractivity contribution in [2.24, 2.45) is 0 Å². The second-order valence-corrected chi connectivity index (χ2v) is 5.10. The van der Waals surface area contributed by atoms with Gasteiger partial charge in [-0.3, -0.25) is 4.79 Å². The Labute approximate surface area is 131 Å². The topological polar surface area (TPSA) is 66.4 Å². The summed E-state index contributed by atoms with van der Waals surface area (Å²) < 4.78 is 0. The van der Waals surface area contributed by atoms with Crippen LogP contribution < -0.4 is 5.32 Å². The minimum absolute atomic E-state index is 0.208. The fourth-order valence-electron chi connectivity index (χ4n) is 1.80. The number of rotatable bonds is 5. The van der Waals surface area contributed by atoms with Gasteiger partial charge in [0, 0.05) is 12.1 Å². The van der Waals surface area contributed by atoms with Gasteiger partial charge in [0.2, 0.25) is 5.78 Å². The zero-order valence-electron chi connectivity index (χ0n) is 10.8. The second kappa shape index (κ2) is 6.61. The Hall–Kier alpha value is -2.04. The van der Waals surface area contributed by atoms with Crippen molar-refractivity contribution >= 4 is 46.3 Å². The minimum Gasteiger partial charge on any atom is -0.475 e. The lowest BCUT2D eigenvalue weighted by molar-refractivity contribution is -0.148. The standard InChI is InChI=1S/C15H11Cl2NO3/c16-10-5-3-6-11(17)14(10)18-12-7-2-1-4-9(12)8-13(19)15(20)21/h1-7,18H,8H2,(H,20,21). The summed E-state index contributed by atoms with van der Waals surface area (Å²) in [6.07, 6.45) is -0.208. The van der Waals surface area contributed by atoms with Crippen LogP contribution in [0.3, 0.4) is 0 Å². The van der Waals surface area contributed by atoms with Crippen LogP contribution in [0.4, 0.5) is 11.4 Å². The van der Waals surface area contributed by atoms with Gasteiger partial charge in [0.05, 0.1) is 15.7 Å². The summed E-state index contributed by atoms with van der Waals surface area (Å²) in [5.74, 6) is -2.34. The molecule has 0 aromatic heterocycles. The number of Topliss-reactive ketones (excluding diaryl/α,β-unsaturated/α-hetero) is 1. The normalized spacial score (nSPS) is 10.2. The van der Waals surface area contributed by atoms with E-state index in [1.165, 1.54) is 0 Å². The van der Waals surface area contributed by atoms with Crippen LogP contribution in [0.2, 0.25) is 10.0 Å². The summed E-state index contributed by atoms with van der Waals surface area (Å²) in [5, 5.41) is 12.6. The molecule has 0 amide bonds. The third-order valence-corrected chi connectivity index (χ3v) is 3.46. The van der Waals surface area contributed by atoms with Gasteiger partial charge in [-0.15, -0.1) is 0 Å². The zero-order valence-corrected chi connectivity index (χ0v) is 12.3. The Morgan fingerprint density at radius 2 is 1.62 bits per heavy atom. The monoisotopic (exact) mass is 323 g/mol. The number of ketones is 1. The Kier molecular flexibility index (Phi) is 4.83. The molecule has 2 aromatic carbocycles. The number of aliphatic carboxylic acids is 1. The molecule has 0 saturated carbocycles. The van der Waals surface area contributed by atoms with Crippen molar-refractivity contribution in [1.82, 2.24) is 0 Å². The van der Waals surface area contributed by atoms with Crippen LogP contribution in [-0.4, -0.2) is 16.9 Å². The van der Waals surface area contributed by atoms with Gasteiger partial charge in [-0.05, 0) is 23.8 Å². The first-order chi connectivity index (χ1) is 9.99. The lowest BCUT2D eigenvalue weighted by Gasteiger charge is -2.13. The first-order valence-electron chi connectivity index (χ1n) is 6.04.